The minimum absolute atomic E-state index is 0.00547. The Balaban J connectivity index is 1.47. The highest BCUT2D eigenvalue weighted by molar-refractivity contribution is 5.94. The van der Waals surface area contributed by atoms with Crippen molar-refractivity contribution in [2.45, 2.75) is 0 Å². The van der Waals surface area contributed by atoms with E-state index in [1.165, 1.54) is 12.1 Å². The van der Waals surface area contributed by atoms with Crippen molar-refractivity contribution >= 4 is 27.6 Å². The lowest BCUT2D eigenvalue weighted by molar-refractivity contribution is -0.384. The summed E-state index contributed by atoms with van der Waals surface area (Å²) in [5.74, 6) is 1.23. The van der Waals surface area contributed by atoms with Crippen LogP contribution in [0.2, 0.25) is 0 Å². The van der Waals surface area contributed by atoms with Crippen LogP contribution in [0, 0.1) is 10.1 Å². The van der Waals surface area contributed by atoms with Crippen molar-refractivity contribution in [3.63, 3.8) is 0 Å². The first kappa shape index (κ1) is 18.8. The van der Waals surface area contributed by atoms with E-state index in [0.717, 1.165) is 27.5 Å². The number of benzene rings is 3. The number of rotatable bonds is 4. The number of aromatic amines is 1. The highest BCUT2D eigenvalue weighted by atomic mass is 16.6. The first-order valence-corrected chi connectivity index (χ1v) is 10.1. The fourth-order valence-electron chi connectivity index (χ4n) is 3.72. The standard InChI is InChI=1S/C24H14N6O3/c31-30(32)15-11-9-14(10-12-15)23-28-29-24(33-23)17-13-21(25-18-6-2-1-5-16(17)18)22-26-19-7-3-4-8-20(19)27-22/h1-13H,(H,26,27). The van der Waals surface area contributed by atoms with Gasteiger partial charge in [-0.05, 0) is 36.4 Å². The van der Waals surface area contributed by atoms with Crippen LogP contribution in [0.5, 0.6) is 0 Å². The monoisotopic (exact) mass is 434 g/mol. The molecule has 0 atom stereocenters. The Morgan fingerprint density at radius 3 is 2.33 bits per heavy atom. The smallest absolute Gasteiger partial charge is 0.269 e. The number of imidazole rings is 1. The summed E-state index contributed by atoms with van der Waals surface area (Å²) in [5, 5.41) is 20.2. The van der Waals surface area contributed by atoms with Gasteiger partial charge in [-0.1, -0.05) is 30.3 Å². The quantitative estimate of drug-likeness (QED) is 0.291. The second-order valence-electron chi connectivity index (χ2n) is 7.39. The zero-order valence-corrected chi connectivity index (χ0v) is 17.0. The number of hydrogen-bond acceptors (Lipinski definition) is 7. The van der Waals surface area contributed by atoms with Gasteiger partial charge in [-0.15, -0.1) is 10.2 Å². The molecule has 0 amide bonds. The Kier molecular flexibility index (Phi) is 4.19. The van der Waals surface area contributed by atoms with E-state index in [4.69, 9.17) is 9.40 Å². The topological polar surface area (TPSA) is 124 Å². The van der Waals surface area contributed by atoms with E-state index < -0.39 is 4.92 Å². The van der Waals surface area contributed by atoms with Gasteiger partial charge in [0.2, 0.25) is 11.8 Å². The molecular weight excluding hydrogens is 420 g/mol. The number of para-hydroxylation sites is 3. The van der Waals surface area contributed by atoms with Crippen molar-refractivity contribution in [2.75, 3.05) is 0 Å². The largest absolute Gasteiger partial charge is 0.416 e. The molecule has 1 N–H and O–H groups in total. The van der Waals surface area contributed by atoms with Crippen LogP contribution in [0.25, 0.3) is 56.4 Å². The first-order chi connectivity index (χ1) is 16.2. The molecule has 9 nitrogen and oxygen atoms in total. The molecule has 0 saturated heterocycles. The number of fused-ring (bicyclic) bond motifs is 2. The van der Waals surface area contributed by atoms with E-state index in [2.05, 4.69) is 20.2 Å². The number of hydrogen-bond donors (Lipinski definition) is 1. The summed E-state index contributed by atoms with van der Waals surface area (Å²) in [6, 6.07) is 23.3. The summed E-state index contributed by atoms with van der Waals surface area (Å²) < 4.78 is 5.96. The Hall–Kier alpha value is -4.92. The Morgan fingerprint density at radius 1 is 0.818 bits per heavy atom. The molecule has 3 heterocycles. The number of nitrogens with zero attached hydrogens (tertiary/aromatic N) is 5. The van der Waals surface area contributed by atoms with Crippen molar-refractivity contribution < 1.29 is 9.34 Å². The van der Waals surface area contributed by atoms with Crippen molar-refractivity contribution in [2.24, 2.45) is 0 Å². The summed E-state index contributed by atoms with van der Waals surface area (Å²) in [7, 11) is 0. The van der Waals surface area contributed by atoms with Crippen LogP contribution in [-0.4, -0.2) is 30.1 Å². The van der Waals surface area contributed by atoms with Crippen LogP contribution in [0.15, 0.2) is 83.3 Å². The molecule has 0 bridgehead atoms. The summed E-state index contributed by atoms with van der Waals surface area (Å²) in [4.78, 5) is 23.2. The van der Waals surface area contributed by atoms with E-state index in [9.17, 15) is 10.1 Å². The highest BCUT2D eigenvalue weighted by Crippen LogP contribution is 2.33. The molecule has 0 spiro atoms. The van der Waals surface area contributed by atoms with Gasteiger partial charge in [-0.25, -0.2) is 9.97 Å². The molecule has 6 aromatic rings. The van der Waals surface area contributed by atoms with Gasteiger partial charge < -0.3 is 9.40 Å². The molecule has 0 unspecified atom stereocenters. The van der Waals surface area contributed by atoms with Gasteiger partial charge in [-0.3, -0.25) is 10.1 Å². The van der Waals surface area contributed by atoms with E-state index in [1.807, 2.05) is 54.6 Å². The molecule has 0 aliphatic rings. The number of non-ortho nitro benzene ring substituents is 1. The minimum atomic E-state index is -0.453. The van der Waals surface area contributed by atoms with Gasteiger partial charge in [0.25, 0.3) is 5.69 Å². The third kappa shape index (κ3) is 3.28. The van der Waals surface area contributed by atoms with Crippen molar-refractivity contribution in [3.8, 4) is 34.4 Å². The average Bonchev–Trinajstić information content (AvgIpc) is 3.51. The maximum absolute atomic E-state index is 10.9. The molecule has 0 saturated carbocycles. The maximum Gasteiger partial charge on any atom is 0.269 e. The summed E-state index contributed by atoms with van der Waals surface area (Å²) in [6.07, 6.45) is 0. The molecule has 3 aromatic heterocycles. The Morgan fingerprint density at radius 2 is 1.55 bits per heavy atom. The normalized spacial score (nSPS) is 11.3. The van der Waals surface area contributed by atoms with E-state index >= 15 is 0 Å². The van der Waals surface area contributed by atoms with E-state index in [0.29, 0.717) is 23.0 Å². The third-order valence-electron chi connectivity index (χ3n) is 5.33. The highest BCUT2D eigenvalue weighted by Gasteiger charge is 2.17. The predicted octanol–water partition coefficient (Wildman–Crippen LogP) is 5.40. The molecule has 0 aliphatic carbocycles. The van der Waals surface area contributed by atoms with E-state index in [1.54, 1.807) is 12.1 Å². The minimum Gasteiger partial charge on any atom is -0.416 e. The van der Waals surface area contributed by atoms with Gasteiger partial charge in [0.1, 0.15) is 5.69 Å². The summed E-state index contributed by atoms with van der Waals surface area (Å²) in [5.41, 5.74) is 4.49. The lowest BCUT2D eigenvalue weighted by Crippen LogP contribution is -1.91. The van der Waals surface area contributed by atoms with E-state index in [-0.39, 0.29) is 11.6 Å². The number of nitro benzene ring substituents is 1. The summed E-state index contributed by atoms with van der Waals surface area (Å²) in [6.45, 7) is 0. The van der Waals surface area contributed by atoms with Crippen LogP contribution < -0.4 is 0 Å². The SMILES string of the molecule is O=[N+]([O-])c1ccc(-c2nnc(-c3cc(-c4nc5ccccc5[nH]4)nc4ccccc34)o2)cc1. The number of H-pyrrole nitrogens is 1. The lowest BCUT2D eigenvalue weighted by Gasteiger charge is -2.05. The molecule has 0 fully saturated rings. The van der Waals surface area contributed by atoms with Gasteiger partial charge in [0.15, 0.2) is 5.82 Å². The second kappa shape index (κ2) is 7.34. The second-order valence-corrected chi connectivity index (χ2v) is 7.39. The predicted molar refractivity (Wildman–Crippen MR) is 122 cm³/mol. The number of nitrogens with one attached hydrogen (secondary N) is 1. The number of aromatic nitrogens is 5. The number of nitro groups is 1. The number of pyridine rings is 1. The first-order valence-electron chi connectivity index (χ1n) is 10.1. The zero-order valence-electron chi connectivity index (χ0n) is 17.0. The van der Waals surface area contributed by atoms with Crippen LogP contribution in [-0.2, 0) is 0 Å². The van der Waals surface area contributed by atoms with Gasteiger partial charge in [0, 0.05) is 23.1 Å². The van der Waals surface area contributed by atoms with Crippen LogP contribution >= 0.6 is 0 Å². The third-order valence-corrected chi connectivity index (χ3v) is 5.33. The van der Waals surface area contributed by atoms with Crippen LogP contribution in [0.3, 0.4) is 0 Å². The Bertz CT molecular complexity index is 1620. The van der Waals surface area contributed by atoms with Crippen molar-refractivity contribution in [3.05, 3.63) is 89.0 Å². The maximum atomic E-state index is 10.9. The summed E-state index contributed by atoms with van der Waals surface area (Å²) >= 11 is 0. The van der Waals surface area contributed by atoms with Gasteiger partial charge in [0.05, 0.1) is 27.0 Å². The van der Waals surface area contributed by atoms with Crippen LogP contribution in [0.1, 0.15) is 0 Å². The van der Waals surface area contributed by atoms with Crippen molar-refractivity contribution in [1.82, 2.24) is 25.1 Å². The molecule has 33 heavy (non-hydrogen) atoms. The molecule has 0 radical (unpaired) electrons. The zero-order chi connectivity index (χ0) is 22.4. The average molecular weight is 434 g/mol. The van der Waals surface area contributed by atoms with Crippen molar-refractivity contribution in [1.29, 1.82) is 0 Å². The van der Waals surface area contributed by atoms with Crippen LogP contribution in [0.4, 0.5) is 5.69 Å². The molecule has 9 heteroatoms. The van der Waals surface area contributed by atoms with Gasteiger partial charge >= 0.3 is 0 Å². The molecule has 3 aromatic carbocycles. The van der Waals surface area contributed by atoms with Gasteiger partial charge in [-0.2, -0.15) is 0 Å². The fourth-order valence-corrected chi connectivity index (χ4v) is 3.72. The molecule has 6 rings (SSSR count). The lowest BCUT2D eigenvalue weighted by atomic mass is 10.1. The Labute approximate surface area is 185 Å². The molecule has 0 aliphatic heterocycles. The molecular formula is C24H14N6O3. The molecule has 158 valence electrons. The fraction of sp³-hybridized carbons (Fsp3) is 0.